The zero-order chi connectivity index (χ0) is 22.8. The highest BCUT2D eigenvalue weighted by atomic mass is 16.4. The Morgan fingerprint density at radius 2 is 1.79 bits per heavy atom. The minimum absolute atomic E-state index is 0.00813. The van der Waals surface area contributed by atoms with E-state index in [4.69, 9.17) is 8.83 Å². The van der Waals surface area contributed by atoms with Crippen molar-refractivity contribution < 1.29 is 13.6 Å². The lowest BCUT2D eigenvalue weighted by atomic mass is 10.1. The van der Waals surface area contributed by atoms with Gasteiger partial charge in [0.05, 0.1) is 17.6 Å². The van der Waals surface area contributed by atoms with E-state index in [1.54, 1.807) is 22.9 Å². The van der Waals surface area contributed by atoms with Gasteiger partial charge in [-0.3, -0.25) is 4.79 Å². The van der Waals surface area contributed by atoms with Crippen LogP contribution in [0.5, 0.6) is 0 Å². The zero-order valence-corrected chi connectivity index (χ0v) is 17.6. The summed E-state index contributed by atoms with van der Waals surface area (Å²) in [5.41, 5.74) is 3.54. The number of rotatable bonds is 6. The Hall–Kier alpha value is -4.66. The first-order valence-corrected chi connectivity index (χ1v) is 10.2. The molecular formula is C24H19N5O4. The lowest BCUT2D eigenvalue weighted by Crippen LogP contribution is -2.26. The maximum Gasteiger partial charge on any atom is 0.437 e. The van der Waals surface area contributed by atoms with Crippen molar-refractivity contribution in [1.82, 2.24) is 19.6 Å². The van der Waals surface area contributed by atoms with Gasteiger partial charge in [-0.05, 0) is 31.2 Å². The fourth-order valence-electron chi connectivity index (χ4n) is 3.33. The topological polar surface area (TPSA) is 108 Å². The molecule has 164 valence electrons. The van der Waals surface area contributed by atoms with Gasteiger partial charge in [0.1, 0.15) is 12.4 Å². The molecule has 0 atom stereocenters. The first kappa shape index (κ1) is 20.3. The summed E-state index contributed by atoms with van der Waals surface area (Å²) >= 11 is 0. The number of benzene rings is 2. The van der Waals surface area contributed by atoms with Gasteiger partial charge in [-0.25, -0.2) is 9.48 Å². The van der Waals surface area contributed by atoms with Crippen LogP contribution in [0.3, 0.4) is 0 Å². The average Bonchev–Trinajstić information content (AvgIpc) is 3.56. The molecule has 1 N–H and O–H groups in total. The fraction of sp³-hybridized carbons (Fsp3) is 0.0833. The number of nitrogens with zero attached hydrogens (tertiary/aromatic N) is 4. The number of amides is 1. The van der Waals surface area contributed by atoms with Gasteiger partial charge in [0.2, 0.25) is 5.91 Å². The summed E-state index contributed by atoms with van der Waals surface area (Å²) in [5.74, 6) is -0.438. The maximum absolute atomic E-state index is 12.8. The third kappa shape index (κ3) is 4.24. The van der Waals surface area contributed by atoms with Crippen LogP contribution < -0.4 is 11.1 Å². The lowest BCUT2D eigenvalue weighted by molar-refractivity contribution is -0.117. The summed E-state index contributed by atoms with van der Waals surface area (Å²) in [6, 6.07) is 22.5. The average molecular weight is 441 g/mol. The van der Waals surface area contributed by atoms with Gasteiger partial charge in [0.15, 0.2) is 5.76 Å². The maximum atomic E-state index is 12.8. The van der Waals surface area contributed by atoms with E-state index in [2.05, 4.69) is 15.5 Å². The van der Waals surface area contributed by atoms with Crippen molar-refractivity contribution >= 4 is 11.7 Å². The summed E-state index contributed by atoms with van der Waals surface area (Å²) in [6.45, 7) is 1.68. The van der Waals surface area contributed by atoms with Gasteiger partial charge < -0.3 is 14.2 Å². The molecule has 3 aromatic heterocycles. The summed E-state index contributed by atoms with van der Waals surface area (Å²) in [7, 11) is 0. The Morgan fingerprint density at radius 1 is 1.00 bits per heavy atom. The van der Waals surface area contributed by atoms with Gasteiger partial charge in [-0.2, -0.15) is 9.78 Å². The van der Waals surface area contributed by atoms with Gasteiger partial charge in [0, 0.05) is 11.6 Å². The third-order valence-corrected chi connectivity index (χ3v) is 4.96. The molecule has 0 fully saturated rings. The molecule has 9 nitrogen and oxygen atoms in total. The summed E-state index contributed by atoms with van der Waals surface area (Å²) in [5, 5.41) is 11.5. The number of hydrogen-bond donors (Lipinski definition) is 1. The molecule has 0 bridgehead atoms. The monoisotopic (exact) mass is 441 g/mol. The first-order valence-electron chi connectivity index (χ1n) is 10.2. The molecular weight excluding hydrogens is 422 g/mol. The van der Waals surface area contributed by atoms with Gasteiger partial charge in [-0.15, -0.1) is 5.10 Å². The number of para-hydroxylation sites is 1. The molecule has 0 aliphatic carbocycles. The van der Waals surface area contributed by atoms with Crippen molar-refractivity contribution in [2.24, 2.45) is 0 Å². The molecule has 33 heavy (non-hydrogen) atoms. The second kappa shape index (κ2) is 8.46. The number of furan rings is 1. The Labute approximate surface area is 187 Å². The lowest BCUT2D eigenvalue weighted by Gasteiger charge is -2.08. The summed E-state index contributed by atoms with van der Waals surface area (Å²) in [6.07, 6.45) is 1.44. The predicted molar refractivity (Wildman–Crippen MR) is 121 cm³/mol. The number of nitrogens with one attached hydrogen (secondary N) is 1. The molecule has 2 aromatic carbocycles. The summed E-state index contributed by atoms with van der Waals surface area (Å²) in [4.78, 5) is 24.9. The number of hydrogen-bond acceptors (Lipinski definition) is 6. The van der Waals surface area contributed by atoms with E-state index in [-0.39, 0.29) is 12.4 Å². The SMILES string of the molecule is Cc1ccc(-c2cc(NC(=O)Cn3nc(-c4ccco4)oc3=O)n(-c3ccccc3)n2)cc1. The highest BCUT2D eigenvalue weighted by Gasteiger charge is 2.18. The third-order valence-electron chi connectivity index (χ3n) is 4.96. The van der Waals surface area contributed by atoms with Crippen molar-refractivity contribution in [3.8, 4) is 28.6 Å². The summed E-state index contributed by atoms with van der Waals surface area (Å²) < 4.78 is 12.9. The van der Waals surface area contributed by atoms with Crippen LogP contribution in [0.25, 0.3) is 28.6 Å². The van der Waals surface area contributed by atoms with Crippen molar-refractivity contribution in [3.63, 3.8) is 0 Å². The van der Waals surface area contributed by atoms with E-state index < -0.39 is 11.7 Å². The van der Waals surface area contributed by atoms with Crippen molar-refractivity contribution in [1.29, 1.82) is 0 Å². The normalized spacial score (nSPS) is 10.9. The minimum Gasteiger partial charge on any atom is -0.459 e. The molecule has 3 heterocycles. The zero-order valence-electron chi connectivity index (χ0n) is 17.6. The van der Waals surface area contributed by atoms with Crippen LogP contribution in [0, 0.1) is 6.92 Å². The van der Waals surface area contributed by atoms with E-state index in [9.17, 15) is 9.59 Å². The molecule has 0 aliphatic rings. The molecule has 0 unspecified atom stereocenters. The fourth-order valence-corrected chi connectivity index (χ4v) is 3.33. The minimum atomic E-state index is -0.756. The smallest absolute Gasteiger partial charge is 0.437 e. The molecule has 5 aromatic rings. The van der Waals surface area contributed by atoms with Crippen molar-refractivity contribution in [3.05, 3.63) is 95.2 Å². The van der Waals surface area contributed by atoms with Crippen LogP contribution in [-0.2, 0) is 11.3 Å². The van der Waals surface area contributed by atoms with Crippen LogP contribution in [0.15, 0.2) is 92.7 Å². The van der Waals surface area contributed by atoms with Gasteiger partial charge in [-0.1, -0.05) is 48.0 Å². The van der Waals surface area contributed by atoms with Crippen LogP contribution in [-0.4, -0.2) is 25.5 Å². The van der Waals surface area contributed by atoms with E-state index in [1.807, 2.05) is 61.5 Å². The van der Waals surface area contributed by atoms with Crippen LogP contribution >= 0.6 is 0 Å². The number of aromatic nitrogens is 4. The number of aryl methyl sites for hydroxylation is 1. The quantitative estimate of drug-likeness (QED) is 0.428. The molecule has 0 radical (unpaired) electrons. The Bertz CT molecular complexity index is 1450. The largest absolute Gasteiger partial charge is 0.459 e. The van der Waals surface area contributed by atoms with Crippen molar-refractivity contribution in [2.45, 2.75) is 13.5 Å². The van der Waals surface area contributed by atoms with Crippen LogP contribution in [0.2, 0.25) is 0 Å². The van der Waals surface area contributed by atoms with Crippen LogP contribution in [0.4, 0.5) is 5.82 Å². The molecule has 0 spiro atoms. The Kier molecular flexibility index (Phi) is 5.19. The molecule has 5 rings (SSSR count). The van der Waals surface area contributed by atoms with E-state index in [0.717, 1.165) is 21.5 Å². The Balaban J connectivity index is 1.43. The Morgan fingerprint density at radius 3 is 2.52 bits per heavy atom. The van der Waals surface area contributed by atoms with E-state index >= 15 is 0 Å². The first-order chi connectivity index (χ1) is 16.1. The second-order valence-corrected chi connectivity index (χ2v) is 7.38. The highest BCUT2D eigenvalue weighted by molar-refractivity contribution is 5.90. The molecule has 9 heteroatoms. The number of anilines is 1. The molecule has 0 aliphatic heterocycles. The van der Waals surface area contributed by atoms with E-state index in [0.29, 0.717) is 17.3 Å². The number of carbonyl (C=O) groups is 1. The second-order valence-electron chi connectivity index (χ2n) is 7.38. The molecule has 0 saturated heterocycles. The highest BCUT2D eigenvalue weighted by Crippen LogP contribution is 2.25. The molecule has 1 amide bonds. The van der Waals surface area contributed by atoms with Crippen LogP contribution in [0.1, 0.15) is 5.56 Å². The van der Waals surface area contributed by atoms with Crippen molar-refractivity contribution in [2.75, 3.05) is 5.32 Å². The number of carbonyl (C=O) groups excluding carboxylic acids is 1. The molecule has 0 saturated carbocycles. The predicted octanol–water partition coefficient (Wildman–Crippen LogP) is 3.90. The standard InChI is InChI=1S/C24H19N5O4/c1-16-9-11-17(12-10-16)19-14-21(29(26-19)18-6-3-2-4-7-18)25-22(30)15-28-24(31)33-23(27-28)20-8-5-13-32-20/h2-14H,15H2,1H3,(H,25,30). The van der Waals surface area contributed by atoms with Gasteiger partial charge in [0.25, 0.3) is 5.89 Å². The van der Waals surface area contributed by atoms with E-state index in [1.165, 1.54) is 6.26 Å². The van der Waals surface area contributed by atoms with Gasteiger partial charge >= 0.3 is 5.76 Å².